The van der Waals surface area contributed by atoms with E-state index in [1.54, 1.807) is 23.8 Å². The van der Waals surface area contributed by atoms with Crippen molar-refractivity contribution in [3.63, 3.8) is 0 Å². The van der Waals surface area contributed by atoms with E-state index in [1.165, 1.54) is 0 Å². The largest absolute Gasteiger partial charge is 0.497 e. The van der Waals surface area contributed by atoms with Gasteiger partial charge in [0.1, 0.15) is 11.6 Å². The summed E-state index contributed by atoms with van der Waals surface area (Å²) in [6.45, 7) is 4.98. The Hall–Kier alpha value is -3.72. The molecule has 0 radical (unpaired) electrons. The number of nitrogens with one attached hydrogen (secondary N) is 1. The van der Waals surface area contributed by atoms with E-state index in [0.717, 1.165) is 5.52 Å². The normalized spacial score (nSPS) is 11.4. The highest BCUT2D eigenvalue weighted by atomic mass is 16.5. The summed E-state index contributed by atoms with van der Waals surface area (Å²) in [4.78, 5) is 25.7. The van der Waals surface area contributed by atoms with E-state index in [-0.39, 0.29) is 24.0 Å². The Morgan fingerprint density at radius 1 is 1.12 bits per heavy atom. The average Bonchev–Trinajstić information content (AvgIpc) is 3.26. The molecule has 0 saturated heterocycles. The van der Waals surface area contributed by atoms with Crippen LogP contribution < -0.4 is 15.6 Å². The molecule has 9 nitrogen and oxygen atoms in total. The summed E-state index contributed by atoms with van der Waals surface area (Å²) >= 11 is 0. The number of aryl methyl sites for hydroxylation is 2. The van der Waals surface area contributed by atoms with E-state index >= 15 is 0 Å². The molecule has 0 aliphatic carbocycles. The van der Waals surface area contributed by atoms with E-state index in [4.69, 9.17) is 9.47 Å². The lowest BCUT2D eigenvalue weighted by Gasteiger charge is -2.12. The lowest BCUT2D eigenvalue weighted by Crippen LogP contribution is -2.24. The first-order valence-corrected chi connectivity index (χ1v) is 11.4. The van der Waals surface area contributed by atoms with Crippen molar-refractivity contribution >= 4 is 28.3 Å². The maximum atomic E-state index is 13.2. The number of anilines is 1. The summed E-state index contributed by atoms with van der Waals surface area (Å²) in [5.74, 6) is 1.62. The first-order chi connectivity index (χ1) is 16.5. The summed E-state index contributed by atoms with van der Waals surface area (Å²) in [6, 6.07) is 14.6. The molecule has 0 aliphatic rings. The number of hydrogen-bond donors (Lipinski definition) is 1. The maximum Gasteiger partial charge on any atom is 0.262 e. The molecule has 34 heavy (non-hydrogen) atoms. The highest BCUT2D eigenvalue weighted by molar-refractivity contribution is 5.91. The number of carbonyl (C=O) groups is 1. The van der Waals surface area contributed by atoms with Crippen LogP contribution in [0.25, 0.3) is 16.7 Å². The maximum absolute atomic E-state index is 13.2. The summed E-state index contributed by atoms with van der Waals surface area (Å²) < 4.78 is 14.3. The van der Waals surface area contributed by atoms with Crippen LogP contribution in [0.2, 0.25) is 0 Å². The van der Waals surface area contributed by atoms with Gasteiger partial charge in [0.25, 0.3) is 5.56 Å². The Balaban J connectivity index is 1.58. The fraction of sp³-hybridized carbons (Fsp3) is 0.360. The lowest BCUT2D eigenvalue weighted by molar-refractivity contribution is -0.116. The Morgan fingerprint density at radius 3 is 2.74 bits per heavy atom. The van der Waals surface area contributed by atoms with Crippen molar-refractivity contribution in [2.45, 2.75) is 45.8 Å². The summed E-state index contributed by atoms with van der Waals surface area (Å²) in [7, 11) is 1.58. The number of para-hydroxylation sites is 1. The van der Waals surface area contributed by atoms with Crippen LogP contribution in [0, 0.1) is 0 Å². The monoisotopic (exact) mass is 463 g/mol. The summed E-state index contributed by atoms with van der Waals surface area (Å²) in [6.07, 6.45) is 1.40. The van der Waals surface area contributed by atoms with Crippen LogP contribution in [-0.2, 0) is 22.5 Å². The van der Waals surface area contributed by atoms with Gasteiger partial charge in [-0.2, -0.15) is 0 Å². The zero-order valence-corrected chi connectivity index (χ0v) is 19.7. The van der Waals surface area contributed by atoms with Gasteiger partial charge in [-0.25, -0.2) is 0 Å². The number of ether oxygens (including phenoxy) is 2. The number of rotatable bonds is 10. The third kappa shape index (κ3) is 5.09. The number of hydrogen-bond acceptors (Lipinski definition) is 6. The molecular formula is C25H29N5O4. The molecule has 0 aliphatic heterocycles. The van der Waals surface area contributed by atoms with E-state index in [9.17, 15) is 9.59 Å². The zero-order chi connectivity index (χ0) is 24.1. The molecule has 2 aromatic heterocycles. The van der Waals surface area contributed by atoms with Crippen LogP contribution in [-0.4, -0.2) is 44.9 Å². The Morgan fingerprint density at radius 2 is 1.94 bits per heavy atom. The van der Waals surface area contributed by atoms with Gasteiger partial charge in [0.2, 0.25) is 11.7 Å². The van der Waals surface area contributed by atoms with Gasteiger partial charge in [-0.3, -0.25) is 18.6 Å². The first kappa shape index (κ1) is 23.4. The number of fused-ring (bicyclic) bond motifs is 3. The minimum absolute atomic E-state index is 0.109. The number of nitrogens with zero attached hydrogens (tertiary/aromatic N) is 4. The second-order valence-electron chi connectivity index (χ2n) is 8.28. The zero-order valence-electron chi connectivity index (χ0n) is 19.7. The van der Waals surface area contributed by atoms with Gasteiger partial charge >= 0.3 is 0 Å². The van der Waals surface area contributed by atoms with Crippen molar-refractivity contribution < 1.29 is 14.3 Å². The second-order valence-corrected chi connectivity index (χ2v) is 8.28. The molecule has 0 saturated carbocycles. The van der Waals surface area contributed by atoms with Crippen LogP contribution in [0.1, 0.15) is 32.5 Å². The van der Waals surface area contributed by atoms with Gasteiger partial charge < -0.3 is 14.8 Å². The molecule has 2 aromatic carbocycles. The quantitative estimate of drug-likeness (QED) is 0.362. The topological polar surface area (TPSA) is 99.8 Å². The van der Waals surface area contributed by atoms with Crippen LogP contribution in [0.3, 0.4) is 0 Å². The molecule has 4 rings (SSSR count). The fourth-order valence-corrected chi connectivity index (χ4v) is 3.87. The molecule has 0 atom stereocenters. The fourth-order valence-electron chi connectivity index (χ4n) is 3.87. The molecule has 0 spiro atoms. The predicted molar refractivity (Wildman–Crippen MR) is 130 cm³/mol. The number of methoxy groups -OCH3 is 1. The van der Waals surface area contributed by atoms with E-state index < -0.39 is 0 Å². The van der Waals surface area contributed by atoms with Crippen molar-refractivity contribution in [2.24, 2.45) is 0 Å². The molecule has 0 fully saturated rings. The van der Waals surface area contributed by atoms with Gasteiger partial charge in [0, 0.05) is 37.7 Å². The minimum atomic E-state index is -0.145. The van der Waals surface area contributed by atoms with E-state index in [1.807, 2.05) is 54.6 Å². The Labute approximate surface area is 197 Å². The molecular weight excluding hydrogens is 434 g/mol. The molecule has 4 aromatic rings. The molecule has 1 N–H and O–H groups in total. The van der Waals surface area contributed by atoms with Crippen molar-refractivity contribution in [2.75, 3.05) is 19.0 Å². The molecule has 0 bridgehead atoms. The number of carbonyl (C=O) groups excluding carboxylic acids is 1. The highest BCUT2D eigenvalue weighted by Crippen LogP contribution is 2.18. The van der Waals surface area contributed by atoms with Crippen molar-refractivity contribution in [3.05, 3.63) is 64.7 Å². The van der Waals surface area contributed by atoms with E-state index in [0.29, 0.717) is 54.4 Å². The van der Waals surface area contributed by atoms with Crippen LogP contribution in [0.5, 0.6) is 5.75 Å². The van der Waals surface area contributed by atoms with Gasteiger partial charge in [0.05, 0.1) is 24.1 Å². The summed E-state index contributed by atoms with van der Waals surface area (Å²) in [5.41, 5.74) is 1.28. The molecule has 9 heteroatoms. The third-order valence-electron chi connectivity index (χ3n) is 5.48. The molecule has 2 heterocycles. The lowest BCUT2D eigenvalue weighted by atomic mass is 10.2. The molecule has 1 amide bonds. The Kier molecular flexibility index (Phi) is 7.22. The van der Waals surface area contributed by atoms with Crippen LogP contribution >= 0.6 is 0 Å². The summed E-state index contributed by atoms with van der Waals surface area (Å²) in [5, 5.41) is 12.1. The highest BCUT2D eigenvalue weighted by Gasteiger charge is 2.17. The van der Waals surface area contributed by atoms with Crippen molar-refractivity contribution in [1.82, 2.24) is 19.2 Å². The smallest absolute Gasteiger partial charge is 0.262 e. The van der Waals surface area contributed by atoms with Gasteiger partial charge in [-0.05, 0) is 44.5 Å². The second kappa shape index (κ2) is 10.5. The van der Waals surface area contributed by atoms with Crippen LogP contribution in [0.15, 0.2) is 53.3 Å². The number of amides is 1. The molecule has 0 unspecified atom stereocenters. The minimum Gasteiger partial charge on any atom is -0.497 e. The number of benzene rings is 2. The van der Waals surface area contributed by atoms with Gasteiger partial charge in [0.15, 0.2) is 0 Å². The Bertz CT molecular complexity index is 1360. The SMILES string of the molecule is COc1cccc(NC(=O)CCc2nnc3n(CCCOC(C)C)c(=O)c4ccccc4n23)c1. The standard InChI is InChI=1S/C25H29N5O4/c1-17(2)34-15-7-14-29-24(32)20-10-4-5-11-21(20)30-22(27-28-25(29)30)12-13-23(31)26-18-8-6-9-19(16-18)33-3/h4-6,8-11,16-17H,7,12-15H2,1-3H3,(H,26,31). The number of aromatic nitrogens is 4. The van der Waals surface area contributed by atoms with Gasteiger partial charge in [-0.15, -0.1) is 10.2 Å². The van der Waals surface area contributed by atoms with Gasteiger partial charge in [-0.1, -0.05) is 18.2 Å². The predicted octanol–water partition coefficient (Wildman–Crippen LogP) is 3.44. The van der Waals surface area contributed by atoms with Crippen LogP contribution in [0.4, 0.5) is 5.69 Å². The van der Waals surface area contributed by atoms with Crippen molar-refractivity contribution in [1.29, 1.82) is 0 Å². The first-order valence-electron chi connectivity index (χ1n) is 11.4. The molecule has 178 valence electrons. The average molecular weight is 464 g/mol. The van der Waals surface area contributed by atoms with E-state index in [2.05, 4.69) is 15.5 Å². The van der Waals surface area contributed by atoms with Crippen molar-refractivity contribution in [3.8, 4) is 5.75 Å². The third-order valence-corrected chi connectivity index (χ3v) is 5.48.